The fourth-order valence-corrected chi connectivity index (χ4v) is 1.51. The van der Waals surface area contributed by atoms with Crippen molar-refractivity contribution < 1.29 is 14.6 Å². The maximum atomic E-state index is 9.90. The Balaban J connectivity index is 2.12. The smallest absolute Gasteiger partial charge is 0.231 e. The third-order valence-corrected chi connectivity index (χ3v) is 2.75. The van der Waals surface area contributed by atoms with Crippen LogP contribution in [0.2, 0.25) is 0 Å². The molecule has 1 heterocycles. The number of hydrogen-bond donors (Lipinski definition) is 1. The summed E-state index contributed by atoms with van der Waals surface area (Å²) >= 11 is 0. The summed E-state index contributed by atoms with van der Waals surface area (Å²) in [5.41, 5.74) is 0.852. The Morgan fingerprint density at radius 1 is 1.24 bits per heavy atom. The van der Waals surface area contributed by atoms with Crippen molar-refractivity contribution in [2.45, 2.75) is 26.9 Å². The minimum atomic E-state index is -0.465. The number of benzene rings is 1. The molecule has 0 aliphatic carbocycles. The van der Waals surface area contributed by atoms with Crippen LogP contribution in [0.5, 0.6) is 11.5 Å². The van der Waals surface area contributed by atoms with Crippen LogP contribution >= 0.6 is 0 Å². The molecule has 1 unspecified atom stereocenters. The van der Waals surface area contributed by atoms with Gasteiger partial charge >= 0.3 is 0 Å². The summed E-state index contributed by atoms with van der Waals surface area (Å²) in [4.78, 5) is 0. The molecule has 92 valence electrons. The van der Waals surface area contributed by atoms with Crippen LogP contribution in [0.15, 0.2) is 24.3 Å². The first kappa shape index (κ1) is 12.0. The average Bonchev–Trinajstić information content (AvgIpc) is 2.71. The van der Waals surface area contributed by atoms with E-state index in [2.05, 4.69) is 0 Å². The standard InChI is InChI=1S/C14H18O3/c1-14(2,3)13(15)7-5-10-4-6-11-12(8-10)17-9-16-11/h4-8,13,15H,9H2,1-3H3/b7-5-. The lowest BCUT2D eigenvalue weighted by atomic mass is 9.89. The van der Waals surface area contributed by atoms with E-state index >= 15 is 0 Å². The summed E-state index contributed by atoms with van der Waals surface area (Å²) < 4.78 is 10.5. The molecule has 0 spiro atoms. The Bertz CT molecular complexity index is 430. The minimum Gasteiger partial charge on any atom is -0.454 e. The third-order valence-electron chi connectivity index (χ3n) is 2.75. The molecule has 1 N–H and O–H groups in total. The Labute approximate surface area is 102 Å². The molecule has 0 amide bonds. The van der Waals surface area contributed by atoms with Gasteiger partial charge in [0, 0.05) is 0 Å². The van der Waals surface area contributed by atoms with E-state index in [1.807, 2.05) is 45.0 Å². The fraction of sp³-hybridized carbons (Fsp3) is 0.429. The van der Waals surface area contributed by atoms with E-state index in [4.69, 9.17) is 9.47 Å². The summed E-state index contributed by atoms with van der Waals surface area (Å²) in [6.45, 7) is 6.29. The molecule has 0 aromatic heterocycles. The zero-order valence-corrected chi connectivity index (χ0v) is 10.4. The van der Waals surface area contributed by atoms with Gasteiger partial charge in [-0.2, -0.15) is 0 Å². The maximum Gasteiger partial charge on any atom is 0.231 e. The van der Waals surface area contributed by atoms with Gasteiger partial charge in [-0.05, 0) is 23.1 Å². The molecule has 1 aromatic carbocycles. The van der Waals surface area contributed by atoms with Crippen molar-refractivity contribution in [3.8, 4) is 11.5 Å². The number of fused-ring (bicyclic) bond motifs is 1. The van der Waals surface area contributed by atoms with E-state index in [0.29, 0.717) is 0 Å². The van der Waals surface area contributed by atoms with Crippen LogP contribution in [0, 0.1) is 5.41 Å². The van der Waals surface area contributed by atoms with Gasteiger partial charge in [0.1, 0.15) is 0 Å². The second-order valence-electron chi connectivity index (χ2n) is 5.28. The summed E-state index contributed by atoms with van der Waals surface area (Å²) in [6.07, 6.45) is 3.24. The lowest BCUT2D eigenvalue weighted by Gasteiger charge is -2.22. The first-order valence-electron chi connectivity index (χ1n) is 5.73. The van der Waals surface area contributed by atoms with Gasteiger partial charge in [-0.1, -0.05) is 39.0 Å². The van der Waals surface area contributed by atoms with E-state index in [1.54, 1.807) is 6.08 Å². The van der Waals surface area contributed by atoms with E-state index in [9.17, 15) is 5.11 Å². The number of hydrogen-bond acceptors (Lipinski definition) is 3. The Hall–Kier alpha value is -1.48. The molecule has 3 heteroatoms. The van der Waals surface area contributed by atoms with Gasteiger partial charge in [0.25, 0.3) is 0 Å². The quantitative estimate of drug-likeness (QED) is 0.855. The van der Waals surface area contributed by atoms with E-state index in [-0.39, 0.29) is 12.2 Å². The van der Waals surface area contributed by atoms with Crippen molar-refractivity contribution in [1.29, 1.82) is 0 Å². The molecule has 0 radical (unpaired) electrons. The van der Waals surface area contributed by atoms with E-state index in [1.165, 1.54) is 0 Å². The lowest BCUT2D eigenvalue weighted by molar-refractivity contribution is 0.106. The average molecular weight is 234 g/mol. The molecule has 1 aliphatic rings. The predicted molar refractivity (Wildman–Crippen MR) is 67.1 cm³/mol. The first-order chi connectivity index (χ1) is 7.97. The van der Waals surface area contributed by atoms with Gasteiger partial charge in [-0.25, -0.2) is 0 Å². The highest BCUT2D eigenvalue weighted by Crippen LogP contribution is 2.33. The fourth-order valence-electron chi connectivity index (χ4n) is 1.51. The number of rotatable bonds is 2. The van der Waals surface area contributed by atoms with Crippen LogP contribution in [0.1, 0.15) is 26.3 Å². The molecular weight excluding hydrogens is 216 g/mol. The van der Waals surface area contributed by atoms with Gasteiger partial charge in [-0.3, -0.25) is 0 Å². The number of ether oxygens (including phenoxy) is 2. The van der Waals surface area contributed by atoms with Crippen LogP contribution in [-0.4, -0.2) is 18.0 Å². The largest absolute Gasteiger partial charge is 0.454 e. The maximum absolute atomic E-state index is 9.90. The van der Waals surface area contributed by atoms with Crippen LogP contribution in [0.4, 0.5) is 0 Å². The lowest BCUT2D eigenvalue weighted by Crippen LogP contribution is -2.23. The molecule has 1 atom stereocenters. The van der Waals surface area contributed by atoms with E-state index < -0.39 is 6.10 Å². The number of aliphatic hydroxyl groups excluding tert-OH is 1. The third kappa shape index (κ3) is 2.80. The van der Waals surface area contributed by atoms with Crippen molar-refractivity contribution in [2.75, 3.05) is 6.79 Å². The van der Waals surface area contributed by atoms with Crippen molar-refractivity contribution in [2.24, 2.45) is 5.41 Å². The van der Waals surface area contributed by atoms with Crippen molar-refractivity contribution in [3.05, 3.63) is 29.8 Å². The van der Waals surface area contributed by atoms with Gasteiger partial charge in [-0.15, -0.1) is 0 Å². The van der Waals surface area contributed by atoms with Crippen LogP contribution in [-0.2, 0) is 0 Å². The van der Waals surface area contributed by atoms with Gasteiger partial charge < -0.3 is 14.6 Å². The monoisotopic (exact) mass is 234 g/mol. The van der Waals surface area contributed by atoms with Crippen molar-refractivity contribution >= 4 is 6.08 Å². The van der Waals surface area contributed by atoms with Crippen molar-refractivity contribution in [1.82, 2.24) is 0 Å². The number of aliphatic hydroxyl groups is 1. The highest BCUT2D eigenvalue weighted by molar-refractivity contribution is 5.56. The Kier molecular flexibility index (Phi) is 3.11. The first-order valence-corrected chi connectivity index (χ1v) is 5.73. The molecule has 0 saturated carbocycles. The highest BCUT2D eigenvalue weighted by Gasteiger charge is 2.19. The predicted octanol–water partition coefficient (Wildman–Crippen LogP) is 2.84. The summed E-state index contributed by atoms with van der Waals surface area (Å²) in [7, 11) is 0. The highest BCUT2D eigenvalue weighted by atomic mass is 16.7. The zero-order valence-electron chi connectivity index (χ0n) is 10.4. The zero-order chi connectivity index (χ0) is 12.5. The van der Waals surface area contributed by atoms with Crippen LogP contribution < -0.4 is 9.47 Å². The van der Waals surface area contributed by atoms with Gasteiger partial charge in [0.15, 0.2) is 11.5 Å². The molecule has 1 aromatic rings. The minimum absolute atomic E-state index is 0.146. The molecule has 17 heavy (non-hydrogen) atoms. The summed E-state index contributed by atoms with van der Waals surface area (Å²) in [5.74, 6) is 1.54. The van der Waals surface area contributed by atoms with Crippen LogP contribution in [0.25, 0.3) is 6.08 Å². The Morgan fingerprint density at radius 2 is 1.94 bits per heavy atom. The molecule has 1 aliphatic heterocycles. The molecule has 0 bridgehead atoms. The SMILES string of the molecule is CC(C)(C)C(O)/C=C\c1ccc2c(c1)OCO2. The Morgan fingerprint density at radius 3 is 2.65 bits per heavy atom. The topological polar surface area (TPSA) is 38.7 Å². The summed E-state index contributed by atoms with van der Waals surface area (Å²) in [6, 6.07) is 5.74. The molecular formula is C14H18O3. The van der Waals surface area contributed by atoms with Crippen molar-refractivity contribution in [3.63, 3.8) is 0 Å². The molecule has 2 rings (SSSR count). The molecule has 0 saturated heterocycles. The normalized spacial score (nSPS) is 16.5. The van der Waals surface area contributed by atoms with Crippen LogP contribution in [0.3, 0.4) is 0 Å². The molecule has 0 fully saturated rings. The summed E-state index contributed by atoms with van der Waals surface area (Å²) in [5, 5.41) is 9.90. The van der Waals surface area contributed by atoms with Gasteiger partial charge in [0.05, 0.1) is 6.10 Å². The second-order valence-corrected chi connectivity index (χ2v) is 5.28. The second kappa shape index (κ2) is 4.41. The molecule has 3 nitrogen and oxygen atoms in total. The van der Waals surface area contributed by atoms with E-state index in [0.717, 1.165) is 17.1 Å². The van der Waals surface area contributed by atoms with Gasteiger partial charge in [0.2, 0.25) is 6.79 Å².